The minimum atomic E-state index is -0.241. The molecule has 1 N–H and O–H groups in total. The van der Waals surface area contributed by atoms with E-state index in [1.807, 2.05) is 35.8 Å². The van der Waals surface area contributed by atoms with Crippen LogP contribution in [0, 0.1) is 0 Å². The number of rotatable bonds is 8. The molecule has 3 aromatic rings. The summed E-state index contributed by atoms with van der Waals surface area (Å²) in [6.45, 7) is 3.37. The number of aryl methyl sites for hydroxylation is 1. The van der Waals surface area contributed by atoms with E-state index in [1.54, 1.807) is 19.6 Å². The molecule has 0 saturated carbocycles. The van der Waals surface area contributed by atoms with Crippen molar-refractivity contribution < 1.29 is 9.53 Å². The number of carbonyl (C=O) groups excluding carboxylic acids is 1. The number of methoxy groups -OCH3 is 1. The molecule has 0 aliphatic heterocycles. The molecule has 24 heavy (non-hydrogen) atoms. The van der Waals surface area contributed by atoms with Gasteiger partial charge < -0.3 is 14.3 Å². The van der Waals surface area contributed by atoms with Gasteiger partial charge in [-0.2, -0.15) is 0 Å². The zero-order chi connectivity index (χ0) is 16.9. The number of nitrogens with one attached hydrogen (secondary N) is 1. The number of fused-ring (bicyclic) bond motifs is 1. The van der Waals surface area contributed by atoms with E-state index in [0.29, 0.717) is 6.61 Å². The fourth-order valence-corrected chi connectivity index (χ4v) is 3.49. The van der Waals surface area contributed by atoms with Crippen LogP contribution in [0.4, 0.5) is 0 Å². The lowest BCUT2D eigenvalue weighted by atomic mass is 10.1. The Bertz CT molecular complexity index is 827. The summed E-state index contributed by atoms with van der Waals surface area (Å²) in [5, 5.41) is 9.57. The zero-order valence-corrected chi connectivity index (χ0v) is 14.5. The third kappa shape index (κ3) is 3.52. The van der Waals surface area contributed by atoms with Crippen molar-refractivity contribution in [3.05, 3.63) is 42.4 Å². The third-order valence-corrected chi connectivity index (χ3v) is 4.93. The number of thioether (sulfide) groups is 1. The van der Waals surface area contributed by atoms with Crippen molar-refractivity contribution in [3.8, 4) is 0 Å². The Kier molecular flexibility index (Phi) is 5.32. The summed E-state index contributed by atoms with van der Waals surface area (Å²) in [4.78, 5) is 16.0. The van der Waals surface area contributed by atoms with Crippen molar-refractivity contribution >= 4 is 28.4 Å². The summed E-state index contributed by atoms with van der Waals surface area (Å²) in [5.74, 6) is 0.0869. The molecule has 2 heterocycles. The highest BCUT2D eigenvalue weighted by atomic mass is 32.2. The molecule has 3 rings (SSSR count). The molecule has 1 aromatic carbocycles. The fourth-order valence-electron chi connectivity index (χ4n) is 2.57. The van der Waals surface area contributed by atoms with E-state index in [9.17, 15) is 4.79 Å². The van der Waals surface area contributed by atoms with Crippen molar-refractivity contribution in [3.63, 3.8) is 0 Å². The highest BCUT2D eigenvalue weighted by molar-refractivity contribution is 8.00. The van der Waals surface area contributed by atoms with Crippen LogP contribution in [0.15, 0.2) is 41.9 Å². The maximum absolute atomic E-state index is 12.8. The zero-order valence-electron chi connectivity index (χ0n) is 13.7. The summed E-state index contributed by atoms with van der Waals surface area (Å²) in [6.07, 6.45) is 4.36. The number of ether oxygens (including phenoxy) is 1. The second-order valence-corrected chi connectivity index (χ2v) is 6.83. The number of benzene rings is 1. The monoisotopic (exact) mass is 344 g/mol. The number of para-hydroxylation sites is 1. The first-order chi connectivity index (χ1) is 11.7. The van der Waals surface area contributed by atoms with Crippen LogP contribution in [0.5, 0.6) is 0 Å². The molecule has 0 saturated heterocycles. The molecule has 2 aromatic heterocycles. The molecule has 1 atom stereocenters. The second-order valence-electron chi connectivity index (χ2n) is 5.53. The molecule has 0 aliphatic rings. The SMILES string of the molecule is COCCCn1cnnc1SC(C)C(=O)c1c[nH]c2ccccc12. The first kappa shape index (κ1) is 16.7. The average molecular weight is 344 g/mol. The molecular weight excluding hydrogens is 324 g/mol. The van der Waals surface area contributed by atoms with Crippen LogP contribution < -0.4 is 0 Å². The molecule has 6 nitrogen and oxygen atoms in total. The number of hydrogen-bond acceptors (Lipinski definition) is 5. The fraction of sp³-hybridized carbons (Fsp3) is 0.353. The van der Waals surface area contributed by atoms with E-state index in [2.05, 4.69) is 15.2 Å². The van der Waals surface area contributed by atoms with Crippen LogP contribution in [-0.4, -0.2) is 44.5 Å². The van der Waals surface area contributed by atoms with Gasteiger partial charge in [0, 0.05) is 42.9 Å². The Morgan fingerprint density at radius 2 is 2.25 bits per heavy atom. The van der Waals surface area contributed by atoms with E-state index >= 15 is 0 Å². The smallest absolute Gasteiger partial charge is 0.191 e. The van der Waals surface area contributed by atoms with Gasteiger partial charge in [0.05, 0.1) is 5.25 Å². The molecule has 0 radical (unpaired) electrons. The number of aromatic amines is 1. The van der Waals surface area contributed by atoms with Crippen molar-refractivity contribution in [2.45, 2.75) is 30.3 Å². The molecule has 126 valence electrons. The largest absolute Gasteiger partial charge is 0.385 e. The highest BCUT2D eigenvalue weighted by Crippen LogP contribution is 2.27. The molecule has 0 aliphatic carbocycles. The predicted octanol–water partition coefficient (Wildman–Crippen LogP) is 3.16. The molecule has 7 heteroatoms. The minimum absolute atomic E-state index is 0.0869. The first-order valence-corrected chi connectivity index (χ1v) is 8.72. The summed E-state index contributed by atoms with van der Waals surface area (Å²) in [6, 6.07) is 7.82. The maximum atomic E-state index is 12.8. The molecule has 0 spiro atoms. The van der Waals surface area contributed by atoms with Crippen LogP contribution in [0.2, 0.25) is 0 Å². The first-order valence-electron chi connectivity index (χ1n) is 7.84. The van der Waals surface area contributed by atoms with Gasteiger partial charge in [0.15, 0.2) is 10.9 Å². The third-order valence-electron chi connectivity index (χ3n) is 3.83. The molecule has 0 amide bonds. The van der Waals surface area contributed by atoms with Crippen LogP contribution in [0.1, 0.15) is 23.7 Å². The Hall–Kier alpha value is -2.12. The van der Waals surface area contributed by atoms with Gasteiger partial charge in [0.1, 0.15) is 6.33 Å². The quantitative estimate of drug-likeness (QED) is 0.386. The Morgan fingerprint density at radius 3 is 3.08 bits per heavy atom. The van der Waals surface area contributed by atoms with E-state index in [0.717, 1.165) is 34.6 Å². The van der Waals surface area contributed by atoms with E-state index in [4.69, 9.17) is 4.74 Å². The van der Waals surface area contributed by atoms with Gasteiger partial charge in [-0.05, 0) is 19.4 Å². The number of nitrogens with zero attached hydrogens (tertiary/aromatic N) is 3. The van der Waals surface area contributed by atoms with Gasteiger partial charge in [-0.15, -0.1) is 10.2 Å². The maximum Gasteiger partial charge on any atom is 0.191 e. The lowest BCUT2D eigenvalue weighted by Gasteiger charge is -2.10. The minimum Gasteiger partial charge on any atom is -0.385 e. The van der Waals surface area contributed by atoms with Crippen LogP contribution in [-0.2, 0) is 11.3 Å². The number of hydrogen-bond donors (Lipinski definition) is 1. The van der Waals surface area contributed by atoms with Crippen molar-refractivity contribution in [1.29, 1.82) is 0 Å². The van der Waals surface area contributed by atoms with Crippen LogP contribution >= 0.6 is 11.8 Å². The number of Topliss-reactive ketones (excluding diaryl/α,β-unsaturated/α-hetero) is 1. The van der Waals surface area contributed by atoms with E-state index < -0.39 is 0 Å². The van der Waals surface area contributed by atoms with Crippen molar-refractivity contribution in [2.24, 2.45) is 0 Å². The van der Waals surface area contributed by atoms with Gasteiger partial charge >= 0.3 is 0 Å². The normalized spacial score (nSPS) is 12.6. The van der Waals surface area contributed by atoms with Crippen LogP contribution in [0.3, 0.4) is 0 Å². The Labute approximate surface area is 144 Å². The summed E-state index contributed by atoms with van der Waals surface area (Å²) < 4.78 is 7.03. The lowest BCUT2D eigenvalue weighted by Crippen LogP contribution is -2.14. The topological polar surface area (TPSA) is 72.8 Å². The van der Waals surface area contributed by atoms with E-state index in [-0.39, 0.29) is 11.0 Å². The highest BCUT2D eigenvalue weighted by Gasteiger charge is 2.21. The standard InChI is InChI=1S/C17H20N4O2S/c1-12(24-17-20-19-11-21(17)8-5-9-23-2)16(22)14-10-18-15-7-4-3-6-13(14)15/h3-4,6-7,10-12,18H,5,8-9H2,1-2H3. The summed E-state index contributed by atoms with van der Waals surface area (Å²) in [5.41, 5.74) is 1.69. The molecule has 0 fully saturated rings. The number of carbonyl (C=O) groups is 1. The van der Waals surface area contributed by atoms with Gasteiger partial charge in [-0.3, -0.25) is 4.79 Å². The molecule has 1 unspecified atom stereocenters. The molecular formula is C17H20N4O2S. The number of H-pyrrole nitrogens is 1. The Morgan fingerprint density at radius 1 is 1.42 bits per heavy atom. The van der Waals surface area contributed by atoms with E-state index in [1.165, 1.54) is 11.8 Å². The number of ketones is 1. The number of aromatic nitrogens is 4. The average Bonchev–Trinajstić information content (AvgIpc) is 3.21. The van der Waals surface area contributed by atoms with Crippen molar-refractivity contribution in [1.82, 2.24) is 19.7 Å². The van der Waals surface area contributed by atoms with Gasteiger partial charge in [0.2, 0.25) is 0 Å². The van der Waals surface area contributed by atoms with Crippen LogP contribution in [0.25, 0.3) is 10.9 Å². The molecule has 0 bridgehead atoms. The van der Waals surface area contributed by atoms with Gasteiger partial charge in [-0.25, -0.2) is 0 Å². The lowest BCUT2D eigenvalue weighted by molar-refractivity contribution is 0.0995. The summed E-state index contributed by atoms with van der Waals surface area (Å²) >= 11 is 1.43. The predicted molar refractivity (Wildman–Crippen MR) is 94.5 cm³/mol. The Balaban J connectivity index is 1.72. The summed E-state index contributed by atoms with van der Waals surface area (Å²) in [7, 11) is 1.68. The van der Waals surface area contributed by atoms with Gasteiger partial charge in [0.25, 0.3) is 0 Å². The second kappa shape index (κ2) is 7.63. The van der Waals surface area contributed by atoms with Crippen molar-refractivity contribution in [2.75, 3.05) is 13.7 Å². The van der Waals surface area contributed by atoms with Gasteiger partial charge in [-0.1, -0.05) is 30.0 Å².